The van der Waals surface area contributed by atoms with Crippen LogP contribution in [-0.4, -0.2) is 6.98 Å². The summed E-state index contributed by atoms with van der Waals surface area (Å²) in [5.41, 5.74) is 13.0. The Balaban J connectivity index is 1.56. The van der Waals surface area contributed by atoms with Crippen molar-refractivity contribution in [2.24, 2.45) is 0 Å². The average molecular weight is 623 g/mol. The molecule has 3 nitrogen and oxygen atoms in total. The summed E-state index contributed by atoms with van der Waals surface area (Å²) in [6.07, 6.45) is 0. The van der Waals surface area contributed by atoms with Gasteiger partial charge in [-0.05, 0) is 65.1 Å². The highest BCUT2D eigenvalue weighted by Crippen LogP contribution is 2.56. The summed E-state index contributed by atoms with van der Waals surface area (Å²) in [5.74, 6) is 0. The highest BCUT2D eigenvalue weighted by Gasteiger charge is 2.49. The van der Waals surface area contributed by atoms with Crippen LogP contribution in [0.2, 0.25) is 0 Å². The van der Waals surface area contributed by atoms with Gasteiger partial charge in [-0.2, -0.15) is 0 Å². The molecule has 7 heteroatoms. The number of halogens is 2. The first kappa shape index (κ1) is 21.9. The van der Waals surface area contributed by atoms with Gasteiger partial charge in [-0.3, -0.25) is 0 Å². The van der Waals surface area contributed by atoms with Gasteiger partial charge in [-0.1, -0.05) is 80.4 Å². The van der Waals surface area contributed by atoms with Gasteiger partial charge >= 0.3 is 6.98 Å². The van der Waals surface area contributed by atoms with Gasteiger partial charge < -0.3 is 14.9 Å². The molecule has 0 aliphatic carbocycles. The second kappa shape index (κ2) is 7.94. The molecule has 0 aromatic heterocycles. The molecule has 0 amide bonds. The van der Waals surface area contributed by atoms with Crippen molar-refractivity contribution < 1.29 is 0 Å². The highest BCUT2D eigenvalue weighted by atomic mass is 79.9. The van der Waals surface area contributed by atoms with Crippen molar-refractivity contribution in [3.63, 3.8) is 0 Å². The van der Waals surface area contributed by atoms with E-state index in [1.807, 2.05) is 0 Å². The van der Waals surface area contributed by atoms with Gasteiger partial charge in [0.05, 0.1) is 28.4 Å². The molecule has 0 spiro atoms. The van der Waals surface area contributed by atoms with E-state index >= 15 is 0 Å². The van der Waals surface area contributed by atoms with Crippen LogP contribution >= 0.6 is 44.5 Å². The van der Waals surface area contributed by atoms with E-state index in [1.54, 1.807) is 0 Å². The molecule has 0 saturated carbocycles. The fourth-order valence-corrected chi connectivity index (χ4v) is 7.64. The van der Waals surface area contributed by atoms with Crippen LogP contribution in [0.3, 0.4) is 0 Å². The molecule has 0 bridgehead atoms. The fraction of sp³-hybridized carbons (Fsp3) is 0. The third-order valence-electron chi connectivity index (χ3n) is 7.51. The molecule has 3 aliphatic heterocycles. The summed E-state index contributed by atoms with van der Waals surface area (Å²) in [4.78, 5) is 5.92. The molecule has 8 rings (SSSR count). The number of anilines is 6. The van der Waals surface area contributed by atoms with Crippen molar-refractivity contribution in [2.45, 2.75) is 4.90 Å². The number of thiol groups is 1. The van der Waals surface area contributed by atoms with E-state index in [0.29, 0.717) is 0 Å². The number of benzene rings is 5. The first-order valence-corrected chi connectivity index (χ1v) is 14.1. The first-order chi connectivity index (χ1) is 18.1. The third-order valence-corrected chi connectivity index (χ3v) is 8.77. The Hall–Kier alpha value is -3.13. The molecule has 37 heavy (non-hydrogen) atoms. The number of rotatable bonds is 1. The minimum atomic E-state index is -0.0937. The third kappa shape index (κ3) is 3.02. The Bertz CT molecular complexity index is 1740. The largest absolute Gasteiger partial charge is 0.422 e. The molecule has 0 unspecified atom stereocenters. The fourth-order valence-electron chi connectivity index (χ4n) is 6.18. The minimum Gasteiger partial charge on any atom is -0.360 e. The van der Waals surface area contributed by atoms with Crippen molar-refractivity contribution >= 4 is 91.1 Å². The van der Waals surface area contributed by atoms with E-state index in [2.05, 4.69) is 144 Å². The first-order valence-electron chi connectivity index (χ1n) is 12.1. The summed E-state index contributed by atoms with van der Waals surface area (Å²) in [6, 6.07) is 34.7. The van der Waals surface area contributed by atoms with Crippen molar-refractivity contribution in [2.75, 3.05) is 14.9 Å². The number of nitrogens with one attached hydrogen (secondary N) is 1. The van der Waals surface area contributed by atoms with E-state index in [0.717, 1.165) is 42.3 Å². The van der Waals surface area contributed by atoms with Gasteiger partial charge in [0.15, 0.2) is 0 Å². The van der Waals surface area contributed by atoms with Crippen LogP contribution in [-0.2, 0) is 0 Å². The zero-order chi connectivity index (χ0) is 24.8. The van der Waals surface area contributed by atoms with Crippen LogP contribution in [0.4, 0.5) is 34.1 Å². The van der Waals surface area contributed by atoms with E-state index in [4.69, 9.17) is 12.6 Å². The molecule has 176 valence electrons. The standard InChI is InChI=1S/C30H18BBr2N3S/c32-17-13-22-20-9-6-10-21-23-14-18(33)16-27(37)30(23)35(19-7-2-1-3-8-19)31(28(20)21)36-26-12-5-4-11-24(26)34-25(15-17)29(22)36/h1-16,34,37H. The van der Waals surface area contributed by atoms with E-state index < -0.39 is 0 Å². The van der Waals surface area contributed by atoms with E-state index in [-0.39, 0.29) is 6.98 Å². The van der Waals surface area contributed by atoms with Gasteiger partial charge in [0.1, 0.15) is 0 Å². The molecule has 1 N–H and O–H groups in total. The maximum atomic E-state index is 5.04. The van der Waals surface area contributed by atoms with Gasteiger partial charge in [0.25, 0.3) is 0 Å². The van der Waals surface area contributed by atoms with Crippen LogP contribution in [0.1, 0.15) is 0 Å². The highest BCUT2D eigenvalue weighted by molar-refractivity contribution is 9.10. The molecular formula is C30H18BBr2N3S. The molecule has 3 aliphatic rings. The number of fused-ring (bicyclic) bond motifs is 6. The Morgan fingerprint density at radius 1 is 0.622 bits per heavy atom. The average Bonchev–Trinajstić information content (AvgIpc) is 2.91. The molecule has 3 heterocycles. The summed E-state index contributed by atoms with van der Waals surface area (Å²) >= 11 is 12.6. The number of para-hydroxylation sites is 3. The molecular weight excluding hydrogens is 605 g/mol. The summed E-state index contributed by atoms with van der Waals surface area (Å²) < 4.78 is 2.08. The van der Waals surface area contributed by atoms with Crippen LogP contribution in [0.25, 0.3) is 22.3 Å². The molecule has 5 aromatic rings. The summed E-state index contributed by atoms with van der Waals surface area (Å²) in [5, 5.41) is 3.71. The lowest BCUT2D eigenvalue weighted by Gasteiger charge is -2.50. The Morgan fingerprint density at radius 2 is 1.30 bits per heavy atom. The smallest absolute Gasteiger partial charge is 0.360 e. The van der Waals surface area contributed by atoms with E-state index in [9.17, 15) is 0 Å². The van der Waals surface area contributed by atoms with Crippen LogP contribution < -0.4 is 20.4 Å². The second-order valence-electron chi connectivity index (χ2n) is 9.53. The summed E-state index contributed by atoms with van der Waals surface area (Å²) in [7, 11) is 0. The van der Waals surface area contributed by atoms with E-state index in [1.165, 1.54) is 33.4 Å². The lowest BCUT2D eigenvalue weighted by molar-refractivity contribution is 1.22. The van der Waals surface area contributed by atoms with Gasteiger partial charge in [0, 0.05) is 30.7 Å². The predicted octanol–water partition coefficient (Wildman–Crippen LogP) is 8.89. The molecule has 0 radical (unpaired) electrons. The zero-order valence-corrected chi connectivity index (χ0v) is 23.5. The Morgan fingerprint density at radius 3 is 2.08 bits per heavy atom. The Kier molecular flexibility index (Phi) is 4.70. The van der Waals surface area contributed by atoms with Crippen LogP contribution in [0.15, 0.2) is 111 Å². The summed E-state index contributed by atoms with van der Waals surface area (Å²) in [6.45, 7) is -0.0937. The lowest BCUT2D eigenvalue weighted by Crippen LogP contribution is -2.62. The molecule has 5 aromatic carbocycles. The number of hydrogen-bond acceptors (Lipinski definition) is 4. The van der Waals surface area contributed by atoms with Gasteiger partial charge in [0.2, 0.25) is 0 Å². The van der Waals surface area contributed by atoms with Crippen molar-refractivity contribution in [1.29, 1.82) is 0 Å². The lowest BCUT2D eigenvalue weighted by atomic mass is 9.53. The number of hydrogen-bond donors (Lipinski definition) is 2. The van der Waals surface area contributed by atoms with Crippen molar-refractivity contribution in [3.05, 3.63) is 106 Å². The monoisotopic (exact) mass is 621 g/mol. The zero-order valence-electron chi connectivity index (χ0n) is 19.4. The number of nitrogens with zero attached hydrogens (tertiary/aromatic N) is 2. The van der Waals surface area contributed by atoms with Crippen LogP contribution in [0, 0.1) is 0 Å². The SMILES string of the molecule is Sc1cc(Br)cc2c1N(c1ccccc1)B1c3c-2cccc3-c2cc(Br)cc3c2N1c1ccccc1N3. The maximum Gasteiger partial charge on any atom is 0.422 e. The topological polar surface area (TPSA) is 18.5 Å². The quantitative estimate of drug-likeness (QED) is 0.144. The molecule has 0 atom stereocenters. The molecule has 0 saturated heterocycles. The van der Waals surface area contributed by atoms with Crippen molar-refractivity contribution in [1.82, 2.24) is 0 Å². The normalized spacial score (nSPS) is 13.9. The van der Waals surface area contributed by atoms with Crippen molar-refractivity contribution in [3.8, 4) is 22.3 Å². The second-order valence-corrected chi connectivity index (χ2v) is 11.8. The predicted molar refractivity (Wildman–Crippen MR) is 166 cm³/mol. The van der Waals surface area contributed by atoms with Gasteiger partial charge in [-0.15, -0.1) is 12.6 Å². The maximum absolute atomic E-state index is 5.04. The minimum absolute atomic E-state index is 0.0937. The van der Waals surface area contributed by atoms with Crippen LogP contribution in [0.5, 0.6) is 0 Å². The Labute approximate surface area is 237 Å². The van der Waals surface area contributed by atoms with Gasteiger partial charge in [-0.25, -0.2) is 0 Å². The molecule has 0 fully saturated rings.